The van der Waals surface area contributed by atoms with Crippen molar-refractivity contribution in [1.82, 2.24) is 5.32 Å². The molecule has 0 aromatic carbocycles. The SMILES string of the molecule is CCCC/C=C\CCCCCCC(=O)NC(COP(=O)([O-])OCC[N+](C)(C)C)C(O)/C=C/CCCCCCCCCCCCCCCCCC. The summed E-state index contributed by atoms with van der Waals surface area (Å²) in [5.74, 6) is -0.213. The van der Waals surface area contributed by atoms with Crippen LogP contribution in [0.15, 0.2) is 24.3 Å². The number of unbranched alkanes of at least 4 members (excludes halogenated alkanes) is 22. The highest BCUT2D eigenvalue weighted by Crippen LogP contribution is 2.38. The minimum Gasteiger partial charge on any atom is -0.756 e. The minimum atomic E-state index is -4.58. The Hall–Kier alpha value is -1.02. The maximum Gasteiger partial charge on any atom is 0.268 e. The lowest BCUT2D eigenvalue weighted by atomic mass is 10.0. The van der Waals surface area contributed by atoms with E-state index in [4.69, 9.17) is 9.05 Å². The molecule has 0 fully saturated rings. The number of nitrogens with one attached hydrogen (secondary N) is 1. The van der Waals surface area contributed by atoms with Gasteiger partial charge in [0.15, 0.2) is 0 Å². The first-order valence-electron chi connectivity index (χ1n) is 20.7. The number of hydrogen-bond donors (Lipinski definition) is 2. The van der Waals surface area contributed by atoms with Crippen molar-refractivity contribution in [1.29, 1.82) is 0 Å². The summed E-state index contributed by atoms with van der Waals surface area (Å²) in [5, 5.41) is 13.7. The lowest BCUT2D eigenvalue weighted by molar-refractivity contribution is -0.870. The molecule has 0 aliphatic rings. The van der Waals surface area contributed by atoms with E-state index in [1.165, 1.54) is 103 Å². The van der Waals surface area contributed by atoms with Crippen LogP contribution in [-0.4, -0.2) is 68.5 Å². The first-order chi connectivity index (χ1) is 24.0. The first-order valence-corrected chi connectivity index (χ1v) is 22.2. The van der Waals surface area contributed by atoms with Crippen LogP contribution in [0.4, 0.5) is 0 Å². The largest absolute Gasteiger partial charge is 0.756 e. The van der Waals surface area contributed by atoms with Gasteiger partial charge in [0, 0.05) is 6.42 Å². The molecule has 1 amide bonds. The predicted molar refractivity (Wildman–Crippen MR) is 210 cm³/mol. The Morgan fingerprint density at radius 2 is 1.12 bits per heavy atom. The third kappa shape index (κ3) is 35.4. The van der Waals surface area contributed by atoms with Crippen molar-refractivity contribution in [2.75, 3.05) is 40.9 Å². The number of carbonyl (C=O) groups is 1. The molecule has 3 atom stereocenters. The second-order valence-corrected chi connectivity index (χ2v) is 16.8. The van der Waals surface area contributed by atoms with E-state index >= 15 is 0 Å². The second kappa shape index (κ2) is 33.8. The van der Waals surface area contributed by atoms with Crippen LogP contribution in [0.3, 0.4) is 0 Å². The summed E-state index contributed by atoms with van der Waals surface area (Å²) < 4.78 is 23.1. The van der Waals surface area contributed by atoms with Crippen LogP contribution in [0.2, 0.25) is 0 Å². The van der Waals surface area contributed by atoms with E-state index in [0.717, 1.165) is 57.8 Å². The fraction of sp³-hybridized carbons (Fsp3) is 0.878. The summed E-state index contributed by atoms with van der Waals surface area (Å²) >= 11 is 0. The van der Waals surface area contributed by atoms with E-state index in [1.54, 1.807) is 6.08 Å². The van der Waals surface area contributed by atoms with Crippen molar-refractivity contribution in [3.05, 3.63) is 24.3 Å². The predicted octanol–water partition coefficient (Wildman–Crippen LogP) is 10.3. The van der Waals surface area contributed by atoms with Crippen molar-refractivity contribution in [3.8, 4) is 0 Å². The maximum atomic E-state index is 12.7. The van der Waals surface area contributed by atoms with Gasteiger partial charge in [-0.2, -0.15) is 0 Å². The van der Waals surface area contributed by atoms with Gasteiger partial charge < -0.3 is 28.8 Å². The van der Waals surface area contributed by atoms with Gasteiger partial charge in [-0.05, 0) is 38.5 Å². The van der Waals surface area contributed by atoms with Crippen LogP contribution >= 0.6 is 7.82 Å². The number of nitrogens with zero attached hydrogens (tertiary/aromatic N) is 1. The zero-order valence-corrected chi connectivity index (χ0v) is 34.2. The quantitative estimate of drug-likeness (QED) is 0.0285. The number of hydrogen-bond acceptors (Lipinski definition) is 6. The normalized spacial score (nSPS) is 14.8. The molecule has 0 saturated heterocycles. The summed E-state index contributed by atoms with van der Waals surface area (Å²) in [6.45, 7) is 4.58. The molecular weight excluding hydrogens is 647 g/mol. The molecule has 0 aromatic rings. The number of quaternary nitrogens is 1. The molecule has 0 aliphatic carbocycles. The number of phosphoric acid groups is 1. The molecule has 0 aliphatic heterocycles. The lowest BCUT2D eigenvalue weighted by Crippen LogP contribution is -2.45. The monoisotopic (exact) mass is 729 g/mol. The van der Waals surface area contributed by atoms with E-state index < -0.39 is 20.0 Å². The van der Waals surface area contributed by atoms with E-state index in [0.29, 0.717) is 17.4 Å². The Labute approximate surface area is 309 Å². The molecule has 0 aromatic heterocycles. The zero-order chi connectivity index (χ0) is 37.2. The Bertz CT molecular complexity index is 876. The number of amides is 1. The Kier molecular flexibility index (Phi) is 33.1. The van der Waals surface area contributed by atoms with Crippen LogP contribution < -0.4 is 10.2 Å². The first kappa shape index (κ1) is 49.0. The number of aliphatic hydroxyl groups excluding tert-OH is 1. The summed E-state index contributed by atoms with van der Waals surface area (Å²) in [5.41, 5.74) is 0. The molecule has 0 heterocycles. The molecule has 50 heavy (non-hydrogen) atoms. The number of phosphoric ester groups is 1. The lowest BCUT2D eigenvalue weighted by Gasteiger charge is -2.29. The fourth-order valence-corrected chi connectivity index (χ4v) is 6.50. The number of carbonyl (C=O) groups excluding carboxylic acids is 1. The molecule has 0 bridgehead atoms. The smallest absolute Gasteiger partial charge is 0.268 e. The van der Waals surface area contributed by atoms with Crippen molar-refractivity contribution in [2.24, 2.45) is 0 Å². The van der Waals surface area contributed by atoms with Crippen molar-refractivity contribution in [2.45, 2.75) is 193 Å². The third-order valence-electron chi connectivity index (χ3n) is 9.16. The van der Waals surface area contributed by atoms with Crippen molar-refractivity contribution in [3.63, 3.8) is 0 Å². The topological polar surface area (TPSA) is 108 Å². The number of aliphatic hydroxyl groups is 1. The molecule has 3 unspecified atom stereocenters. The molecule has 0 spiro atoms. The summed E-state index contributed by atoms with van der Waals surface area (Å²) in [4.78, 5) is 25.1. The number of rotatable bonds is 37. The summed E-state index contributed by atoms with van der Waals surface area (Å²) in [6, 6.07) is -0.887. The highest BCUT2D eigenvalue weighted by atomic mass is 31.2. The van der Waals surface area contributed by atoms with Crippen LogP contribution in [0.5, 0.6) is 0 Å². The van der Waals surface area contributed by atoms with Gasteiger partial charge in [0.25, 0.3) is 7.82 Å². The zero-order valence-electron chi connectivity index (χ0n) is 33.4. The highest BCUT2D eigenvalue weighted by Gasteiger charge is 2.23. The molecule has 0 radical (unpaired) electrons. The third-order valence-corrected chi connectivity index (χ3v) is 10.1. The average Bonchev–Trinajstić information content (AvgIpc) is 3.06. The van der Waals surface area contributed by atoms with Crippen LogP contribution in [0.25, 0.3) is 0 Å². The molecule has 0 rings (SSSR count). The van der Waals surface area contributed by atoms with E-state index in [9.17, 15) is 19.4 Å². The molecular formula is C41H81N2O6P. The van der Waals surface area contributed by atoms with Gasteiger partial charge in [-0.25, -0.2) is 0 Å². The second-order valence-electron chi connectivity index (χ2n) is 15.3. The van der Waals surface area contributed by atoms with Gasteiger partial charge in [-0.15, -0.1) is 0 Å². The van der Waals surface area contributed by atoms with Crippen LogP contribution in [0, 0.1) is 0 Å². The Balaban J connectivity index is 4.43. The van der Waals surface area contributed by atoms with Crippen molar-refractivity contribution >= 4 is 13.7 Å². The van der Waals surface area contributed by atoms with Gasteiger partial charge in [-0.1, -0.05) is 160 Å². The van der Waals surface area contributed by atoms with Crippen LogP contribution in [-0.2, 0) is 18.4 Å². The molecule has 2 N–H and O–H groups in total. The number of likely N-dealkylation sites (N-methyl/N-ethyl adjacent to an activating group) is 1. The van der Waals surface area contributed by atoms with Gasteiger partial charge in [0.2, 0.25) is 5.91 Å². The van der Waals surface area contributed by atoms with Crippen LogP contribution in [0.1, 0.15) is 181 Å². The maximum absolute atomic E-state index is 12.7. The average molecular weight is 729 g/mol. The van der Waals surface area contributed by atoms with Gasteiger partial charge in [0.1, 0.15) is 13.2 Å². The van der Waals surface area contributed by atoms with E-state index in [1.807, 2.05) is 27.2 Å². The standard InChI is InChI=1S/C41H81N2O6P/c1-6-8-10-12-14-16-18-19-20-21-22-23-24-25-26-28-30-32-34-40(44)39(38-49-50(46,47)48-37-36-43(3,4)5)42-41(45)35-33-31-29-27-17-15-13-11-9-7-2/h13,15,32,34,39-40,44H,6-12,14,16-31,33,35-38H2,1-5H3,(H-,42,45,46,47)/b15-13-,34-32+. The van der Waals surface area contributed by atoms with Crippen molar-refractivity contribution < 1.29 is 32.9 Å². The minimum absolute atomic E-state index is 0.00238. The summed E-state index contributed by atoms with van der Waals surface area (Å²) in [7, 11) is 1.25. The van der Waals surface area contributed by atoms with Gasteiger partial charge >= 0.3 is 0 Å². The highest BCUT2D eigenvalue weighted by molar-refractivity contribution is 7.45. The molecule has 296 valence electrons. The Morgan fingerprint density at radius 1 is 0.680 bits per heavy atom. The fourth-order valence-electron chi connectivity index (χ4n) is 5.78. The molecule has 9 heteroatoms. The molecule has 8 nitrogen and oxygen atoms in total. The summed E-state index contributed by atoms with van der Waals surface area (Å²) in [6.07, 6.45) is 38.0. The van der Waals surface area contributed by atoms with E-state index in [2.05, 4.69) is 31.3 Å². The van der Waals surface area contributed by atoms with Gasteiger partial charge in [-0.3, -0.25) is 9.36 Å². The Morgan fingerprint density at radius 3 is 1.62 bits per heavy atom. The van der Waals surface area contributed by atoms with Gasteiger partial charge in [0.05, 0.1) is 39.9 Å². The number of allylic oxidation sites excluding steroid dienone is 3. The van der Waals surface area contributed by atoms with E-state index in [-0.39, 0.29) is 19.1 Å². The molecule has 0 saturated carbocycles.